The molecule has 0 atom stereocenters. The van der Waals surface area contributed by atoms with Crippen molar-refractivity contribution in [2.45, 2.75) is 32.6 Å². The lowest BCUT2D eigenvalue weighted by Gasteiger charge is -2.05. The summed E-state index contributed by atoms with van der Waals surface area (Å²) in [5, 5.41) is 5.35. The van der Waals surface area contributed by atoms with Crippen LogP contribution in [0.15, 0.2) is 0 Å². The molecule has 15 heavy (non-hydrogen) atoms. The van der Waals surface area contributed by atoms with Crippen molar-refractivity contribution in [2.75, 3.05) is 18.8 Å². The van der Waals surface area contributed by atoms with E-state index in [1.807, 2.05) is 0 Å². The van der Waals surface area contributed by atoms with Gasteiger partial charge in [0.15, 0.2) is 0 Å². The predicted molar refractivity (Wildman–Crippen MR) is 64.0 cm³/mol. The first-order valence-electron chi connectivity index (χ1n) is 5.35. The lowest BCUT2D eigenvalue weighted by molar-refractivity contribution is -0.129. The zero-order valence-corrected chi connectivity index (χ0v) is 10.1. The van der Waals surface area contributed by atoms with Crippen molar-refractivity contribution in [1.29, 1.82) is 0 Å². The third kappa shape index (κ3) is 9.59. The van der Waals surface area contributed by atoms with Crippen molar-refractivity contribution in [2.24, 2.45) is 0 Å². The number of thiol groups is 1. The summed E-state index contributed by atoms with van der Waals surface area (Å²) in [6, 6.07) is 0. The molecule has 0 heterocycles. The maximum absolute atomic E-state index is 11.2. The zero-order valence-electron chi connectivity index (χ0n) is 9.21. The minimum absolute atomic E-state index is 0.0731. The number of unbranched alkanes of at least 4 members (excludes halogenated alkanes) is 1. The predicted octanol–water partition coefficient (Wildman–Crippen LogP) is 0.729. The van der Waals surface area contributed by atoms with E-state index in [2.05, 4.69) is 30.2 Å². The Balaban J connectivity index is 3.45. The van der Waals surface area contributed by atoms with Gasteiger partial charge in [0.05, 0.1) is 0 Å². The number of rotatable bonds is 8. The molecule has 0 unspecified atom stereocenters. The molecule has 2 amide bonds. The molecule has 2 N–H and O–H groups in total. The average Bonchev–Trinajstić information content (AvgIpc) is 2.18. The topological polar surface area (TPSA) is 58.2 Å². The lowest BCUT2D eigenvalue weighted by Crippen LogP contribution is -2.32. The molecule has 0 saturated heterocycles. The average molecular weight is 232 g/mol. The Kier molecular flexibility index (Phi) is 9.36. The maximum atomic E-state index is 11.2. The molecule has 88 valence electrons. The van der Waals surface area contributed by atoms with Gasteiger partial charge >= 0.3 is 0 Å². The summed E-state index contributed by atoms with van der Waals surface area (Å²) in [5.74, 6) is 0.320. The van der Waals surface area contributed by atoms with Crippen LogP contribution in [0.5, 0.6) is 0 Å². The van der Waals surface area contributed by atoms with E-state index >= 15 is 0 Å². The molecule has 5 heteroatoms. The summed E-state index contributed by atoms with van der Waals surface area (Å²) in [5.41, 5.74) is 0. The summed E-state index contributed by atoms with van der Waals surface area (Å²) >= 11 is 4.02. The highest BCUT2D eigenvalue weighted by Gasteiger charge is 2.07. The quantitative estimate of drug-likeness (QED) is 0.328. The number of nitrogens with one attached hydrogen (secondary N) is 2. The first-order chi connectivity index (χ1) is 7.20. The molecule has 0 saturated carbocycles. The Hall–Kier alpha value is -0.710. The van der Waals surface area contributed by atoms with Crippen LogP contribution in [0.4, 0.5) is 0 Å². The van der Waals surface area contributed by atoms with E-state index in [9.17, 15) is 9.59 Å². The summed E-state index contributed by atoms with van der Waals surface area (Å²) in [7, 11) is 0. The molecule has 0 aromatic rings. The minimum atomic E-state index is -0.217. The van der Waals surface area contributed by atoms with Gasteiger partial charge < -0.3 is 10.6 Å². The van der Waals surface area contributed by atoms with Gasteiger partial charge in [-0.05, 0) is 18.6 Å². The van der Waals surface area contributed by atoms with Gasteiger partial charge in [0.25, 0.3) is 0 Å². The van der Waals surface area contributed by atoms with Gasteiger partial charge in [-0.1, -0.05) is 13.3 Å². The van der Waals surface area contributed by atoms with E-state index < -0.39 is 0 Å². The molecule has 0 aliphatic carbocycles. The third-order valence-corrected chi connectivity index (χ3v) is 2.15. The van der Waals surface area contributed by atoms with Crippen LogP contribution in [-0.2, 0) is 9.59 Å². The van der Waals surface area contributed by atoms with Crippen LogP contribution in [0.3, 0.4) is 0 Å². The number of carbonyl (C=O) groups excluding carboxylic acids is 2. The summed E-state index contributed by atoms with van der Waals surface area (Å²) in [4.78, 5) is 22.3. The highest BCUT2D eigenvalue weighted by atomic mass is 32.1. The fourth-order valence-electron chi connectivity index (χ4n) is 0.982. The van der Waals surface area contributed by atoms with Gasteiger partial charge in [0.1, 0.15) is 6.42 Å². The molecule has 0 aromatic carbocycles. The van der Waals surface area contributed by atoms with Crippen LogP contribution >= 0.6 is 12.6 Å². The minimum Gasteiger partial charge on any atom is -0.356 e. The molecular weight excluding hydrogens is 212 g/mol. The van der Waals surface area contributed by atoms with Crippen LogP contribution in [0, 0.1) is 0 Å². The standard InChI is InChI=1S/C10H20N2O2S/c1-2-3-5-11-9(13)8-10(14)12-6-4-7-15/h15H,2-8H2,1H3,(H,11,13)(H,12,14). The second kappa shape index (κ2) is 9.83. The third-order valence-electron chi connectivity index (χ3n) is 1.83. The van der Waals surface area contributed by atoms with Crippen molar-refractivity contribution >= 4 is 24.4 Å². The number of carbonyl (C=O) groups is 2. The number of hydrogen-bond acceptors (Lipinski definition) is 3. The van der Waals surface area contributed by atoms with Gasteiger partial charge in [-0.3, -0.25) is 9.59 Å². The van der Waals surface area contributed by atoms with Crippen molar-refractivity contribution in [3.8, 4) is 0 Å². The van der Waals surface area contributed by atoms with Crippen molar-refractivity contribution in [3.63, 3.8) is 0 Å². The molecule has 0 aliphatic heterocycles. The van der Waals surface area contributed by atoms with E-state index in [1.165, 1.54) is 0 Å². The van der Waals surface area contributed by atoms with Crippen LogP contribution in [-0.4, -0.2) is 30.7 Å². The first-order valence-corrected chi connectivity index (χ1v) is 5.98. The molecule has 0 aliphatic rings. The largest absolute Gasteiger partial charge is 0.356 e. The molecule has 0 rings (SSSR count). The molecule has 0 spiro atoms. The Morgan fingerprint density at radius 2 is 1.60 bits per heavy atom. The Bertz CT molecular complexity index is 178. The Labute approximate surface area is 96.6 Å². The van der Waals surface area contributed by atoms with Crippen molar-refractivity contribution < 1.29 is 9.59 Å². The molecular formula is C10H20N2O2S. The smallest absolute Gasteiger partial charge is 0.229 e. The molecule has 0 fully saturated rings. The lowest BCUT2D eigenvalue weighted by atomic mass is 10.3. The molecule has 0 radical (unpaired) electrons. The summed E-state index contributed by atoms with van der Waals surface area (Å²) < 4.78 is 0. The van der Waals surface area contributed by atoms with E-state index in [0.717, 1.165) is 25.0 Å². The van der Waals surface area contributed by atoms with E-state index in [1.54, 1.807) is 0 Å². The van der Waals surface area contributed by atoms with Crippen LogP contribution in [0.25, 0.3) is 0 Å². The van der Waals surface area contributed by atoms with Crippen molar-refractivity contribution in [3.05, 3.63) is 0 Å². The highest BCUT2D eigenvalue weighted by Crippen LogP contribution is 1.86. The number of hydrogen-bond donors (Lipinski definition) is 3. The normalized spacial score (nSPS) is 9.73. The first kappa shape index (κ1) is 14.3. The monoisotopic (exact) mass is 232 g/mol. The van der Waals surface area contributed by atoms with Gasteiger partial charge in [-0.2, -0.15) is 12.6 Å². The summed E-state index contributed by atoms with van der Waals surface area (Å²) in [6.07, 6.45) is 2.74. The SMILES string of the molecule is CCCCNC(=O)CC(=O)NCCCS. The molecule has 4 nitrogen and oxygen atoms in total. The highest BCUT2D eigenvalue weighted by molar-refractivity contribution is 7.80. The van der Waals surface area contributed by atoms with Crippen LogP contribution in [0.2, 0.25) is 0 Å². The van der Waals surface area contributed by atoms with Gasteiger partial charge in [0.2, 0.25) is 11.8 Å². The Morgan fingerprint density at radius 3 is 2.07 bits per heavy atom. The Morgan fingerprint density at radius 1 is 1.07 bits per heavy atom. The van der Waals surface area contributed by atoms with Gasteiger partial charge in [-0.25, -0.2) is 0 Å². The fraction of sp³-hybridized carbons (Fsp3) is 0.800. The molecule has 0 bridgehead atoms. The second-order valence-electron chi connectivity index (χ2n) is 3.31. The van der Waals surface area contributed by atoms with Crippen molar-refractivity contribution in [1.82, 2.24) is 10.6 Å². The van der Waals surface area contributed by atoms with Crippen LogP contribution in [0.1, 0.15) is 32.6 Å². The zero-order chi connectivity index (χ0) is 11.5. The van der Waals surface area contributed by atoms with E-state index in [4.69, 9.17) is 0 Å². The van der Waals surface area contributed by atoms with E-state index in [0.29, 0.717) is 13.1 Å². The summed E-state index contributed by atoms with van der Waals surface area (Å²) in [6.45, 7) is 3.29. The van der Waals surface area contributed by atoms with Gasteiger partial charge in [0, 0.05) is 13.1 Å². The molecule has 0 aromatic heterocycles. The fourth-order valence-corrected chi connectivity index (χ4v) is 1.14. The second-order valence-corrected chi connectivity index (χ2v) is 3.75. The van der Waals surface area contributed by atoms with E-state index in [-0.39, 0.29) is 18.2 Å². The maximum Gasteiger partial charge on any atom is 0.229 e. The van der Waals surface area contributed by atoms with Gasteiger partial charge in [-0.15, -0.1) is 0 Å². The number of amides is 2. The van der Waals surface area contributed by atoms with Crippen LogP contribution < -0.4 is 10.6 Å².